The second kappa shape index (κ2) is 7.10. The van der Waals surface area contributed by atoms with Crippen LogP contribution in [0.5, 0.6) is 0 Å². The summed E-state index contributed by atoms with van der Waals surface area (Å²) in [4.78, 5) is 12.4. The van der Waals surface area contributed by atoms with Gasteiger partial charge in [-0.3, -0.25) is 0 Å². The first-order chi connectivity index (χ1) is 6.18. The molecule has 0 aliphatic heterocycles. The summed E-state index contributed by atoms with van der Waals surface area (Å²) < 4.78 is 14.7. The van der Waals surface area contributed by atoms with Crippen LogP contribution in [0.15, 0.2) is 35.3 Å². The number of hydrogen-bond donors (Lipinski definition) is 1. The summed E-state index contributed by atoms with van der Waals surface area (Å²) in [6.07, 6.45) is 0. The number of nitrogens with zero attached hydrogens (tertiary/aromatic N) is 1. The van der Waals surface area contributed by atoms with Gasteiger partial charge in [-0.1, -0.05) is 18.2 Å². The molecule has 4 nitrogen and oxygen atoms in total. The van der Waals surface area contributed by atoms with Gasteiger partial charge in [0.05, 0.1) is 5.69 Å². The molecule has 1 N–H and O–H groups in total. The third kappa shape index (κ3) is 5.47. The Morgan fingerprint density at radius 2 is 2.07 bits per heavy atom. The van der Waals surface area contributed by atoms with Crippen molar-refractivity contribution in [2.75, 3.05) is 0 Å². The molecule has 1 aromatic rings. The number of benzene rings is 1. The maximum Gasteiger partial charge on any atom is 1.00 e. The molecular formula is C8H10NNaO3P+. The van der Waals surface area contributed by atoms with E-state index in [1.165, 1.54) is 6.92 Å². The van der Waals surface area contributed by atoms with E-state index in [-0.39, 0.29) is 36.9 Å². The zero-order valence-corrected chi connectivity index (χ0v) is 10.9. The van der Waals surface area contributed by atoms with Crippen molar-refractivity contribution in [2.45, 2.75) is 6.92 Å². The van der Waals surface area contributed by atoms with Gasteiger partial charge in [-0.2, -0.15) is 0 Å². The molecule has 0 heterocycles. The van der Waals surface area contributed by atoms with Crippen LogP contribution in [-0.2, 0) is 9.09 Å². The predicted molar refractivity (Wildman–Crippen MR) is 51.2 cm³/mol. The SMILES string of the molecule is CC(=Nc1ccccc1)O[P+](=O)O.[H-].[Na+]. The van der Waals surface area contributed by atoms with Gasteiger partial charge in [0.1, 0.15) is 0 Å². The van der Waals surface area contributed by atoms with Gasteiger partial charge in [-0.15, -0.1) is 4.89 Å². The molecule has 1 aromatic carbocycles. The molecule has 1 rings (SSSR count). The fourth-order valence-corrected chi connectivity index (χ4v) is 1.08. The van der Waals surface area contributed by atoms with Crippen molar-refractivity contribution in [2.24, 2.45) is 4.99 Å². The quantitative estimate of drug-likeness (QED) is 0.318. The van der Waals surface area contributed by atoms with Crippen molar-refractivity contribution in [3.8, 4) is 0 Å². The van der Waals surface area contributed by atoms with Crippen molar-refractivity contribution in [3.05, 3.63) is 30.3 Å². The Hall–Kier alpha value is -0.250. The molecule has 14 heavy (non-hydrogen) atoms. The van der Waals surface area contributed by atoms with Crippen LogP contribution in [0.2, 0.25) is 0 Å². The largest absolute Gasteiger partial charge is 1.00 e. The first kappa shape index (κ1) is 13.8. The molecule has 0 spiro atoms. The van der Waals surface area contributed by atoms with Gasteiger partial charge in [0.15, 0.2) is 0 Å². The smallest absolute Gasteiger partial charge is 1.00 e. The van der Waals surface area contributed by atoms with Crippen LogP contribution in [0, 0.1) is 0 Å². The maximum atomic E-state index is 10.2. The summed E-state index contributed by atoms with van der Waals surface area (Å²) in [6, 6.07) is 9.06. The zero-order valence-electron chi connectivity index (χ0n) is 9.04. The summed E-state index contributed by atoms with van der Waals surface area (Å²) in [6.45, 7) is 1.52. The molecule has 0 saturated carbocycles. The van der Waals surface area contributed by atoms with E-state index < -0.39 is 8.25 Å². The molecule has 1 unspecified atom stereocenters. The summed E-state index contributed by atoms with van der Waals surface area (Å²) in [5, 5.41) is 0. The Morgan fingerprint density at radius 3 is 2.57 bits per heavy atom. The Kier molecular flexibility index (Phi) is 6.97. The van der Waals surface area contributed by atoms with Gasteiger partial charge in [0.25, 0.3) is 5.90 Å². The second-order valence-electron chi connectivity index (χ2n) is 2.30. The maximum absolute atomic E-state index is 10.2. The van der Waals surface area contributed by atoms with E-state index in [2.05, 4.69) is 9.52 Å². The Labute approximate surface area is 107 Å². The molecule has 70 valence electrons. The standard InChI is InChI=1S/C8H8NO3P.Na.H/c1-7(12-13(10)11)9-8-5-3-2-4-6-8;;/h2-6H,1H3;;/q;+1;-1/p+1. The third-order valence-corrected chi connectivity index (χ3v) is 1.67. The van der Waals surface area contributed by atoms with E-state index in [1.54, 1.807) is 12.1 Å². The van der Waals surface area contributed by atoms with Crippen LogP contribution in [0.4, 0.5) is 5.69 Å². The van der Waals surface area contributed by atoms with Crippen molar-refractivity contribution in [1.82, 2.24) is 0 Å². The summed E-state index contributed by atoms with van der Waals surface area (Å²) >= 11 is 0. The number of hydrogen-bond acceptors (Lipinski definition) is 3. The first-order valence-corrected chi connectivity index (χ1v) is 4.76. The number of aliphatic imine (C=N–C) groups is 1. The number of rotatable bonds is 2. The molecule has 0 radical (unpaired) electrons. The van der Waals surface area contributed by atoms with Crippen molar-refractivity contribution in [1.29, 1.82) is 0 Å². The van der Waals surface area contributed by atoms with E-state index in [9.17, 15) is 4.57 Å². The molecule has 0 aliphatic carbocycles. The topological polar surface area (TPSA) is 58.9 Å². The van der Waals surface area contributed by atoms with Gasteiger partial charge in [0.2, 0.25) is 0 Å². The van der Waals surface area contributed by atoms with Crippen LogP contribution in [0.3, 0.4) is 0 Å². The van der Waals surface area contributed by atoms with Crippen LogP contribution < -0.4 is 29.6 Å². The van der Waals surface area contributed by atoms with Crippen molar-refractivity contribution < 1.29 is 45.0 Å². The minimum Gasteiger partial charge on any atom is -1.00 e. The molecule has 0 aliphatic rings. The Balaban J connectivity index is 0. The number of para-hydroxylation sites is 1. The first-order valence-electron chi connectivity index (χ1n) is 3.63. The minimum absolute atomic E-state index is 0. The molecule has 1 atom stereocenters. The van der Waals surface area contributed by atoms with Crippen molar-refractivity contribution >= 4 is 19.8 Å². The average Bonchev–Trinajstić information content (AvgIpc) is 2.04. The molecule has 0 saturated heterocycles. The molecule has 0 fully saturated rings. The summed E-state index contributed by atoms with van der Waals surface area (Å²) in [5.41, 5.74) is 0.692. The molecule has 0 bridgehead atoms. The van der Waals surface area contributed by atoms with E-state index in [0.717, 1.165) is 0 Å². The fourth-order valence-electron chi connectivity index (χ4n) is 0.818. The van der Waals surface area contributed by atoms with E-state index in [4.69, 9.17) is 4.89 Å². The van der Waals surface area contributed by atoms with Gasteiger partial charge in [-0.25, -0.2) is 9.52 Å². The van der Waals surface area contributed by atoms with E-state index in [1.807, 2.05) is 18.2 Å². The molecular weight excluding hydrogens is 212 g/mol. The van der Waals surface area contributed by atoms with Crippen molar-refractivity contribution in [3.63, 3.8) is 0 Å². The van der Waals surface area contributed by atoms with Crippen LogP contribution in [-0.4, -0.2) is 10.8 Å². The summed E-state index contributed by atoms with van der Waals surface area (Å²) in [5.74, 6) is 0.176. The molecule has 6 heteroatoms. The van der Waals surface area contributed by atoms with Gasteiger partial charge in [0, 0.05) is 11.5 Å². The Morgan fingerprint density at radius 1 is 1.50 bits per heavy atom. The van der Waals surface area contributed by atoms with E-state index in [0.29, 0.717) is 5.69 Å². The van der Waals surface area contributed by atoms with Gasteiger partial charge in [-0.05, 0) is 12.1 Å². The van der Waals surface area contributed by atoms with Crippen LogP contribution >= 0.6 is 8.25 Å². The summed E-state index contributed by atoms with van der Waals surface area (Å²) in [7, 11) is -2.62. The van der Waals surface area contributed by atoms with E-state index >= 15 is 0 Å². The molecule has 0 amide bonds. The minimum atomic E-state index is -2.62. The average molecular weight is 222 g/mol. The zero-order chi connectivity index (χ0) is 9.68. The van der Waals surface area contributed by atoms with Crippen LogP contribution in [0.25, 0.3) is 0 Å². The monoisotopic (exact) mass is 222 g/mol. The normalized spacial score (nSPS) is 11.6. The van der Waals surface area contributed by atoms with Gasteiger partial charge >= 0.3 is 37.8 Å². The second-order valence-corrected chi connectivity index (χ2v) is 2.95. The van der Waals surface area contributed by atoms with Crippen LogP contribution in [0.1, 0.15) is 8.35 Å². The third-order valence-electron chi connectivity index (χ3n) is 1.25. The Bertz CT molecular complexity index is 334. The van der Waals surface area contributed by atoms with Gasteiger partial charge < -0.3 is 1.43 Å². The fraction of sp³-hybridized carbons (Fsp3) is 0.125. The molecule has 0 aromatic heterocycles. The predicted octanol–water partition coefficient (Wildman–Crippen LogP) is -0.481.